The zero-order valence-electron chi connectivity index (χ0n) is 20.0. The zero-order valence-corrected chi connectivity index (χ0v) is 21.6. The molecule has 0 atom stereocenters. The summed E-state index contributed by atoms with van der Waals surface area (Å²) in [4.78, 5) is 36.8. The van der Waals surface area contributed by atoms with Gasteiger partial charge in [-0.25, -0.2) is 24.5 Å². The van der Waals surface area contributed by atoms with Gasteiger partial charge in [0.1, 0.15) is 19.3 Å². The predicted octanol–water partition coefficient (Wildman–Crippen LogP) is 5.32. The molecule has 0 aliphatic heterocycles. The molecule has 0 fully saturated rings. The second-order valence-electron chi connectivity index (χ2n) is 7.69. The molecule has 4 N–H and O–H groups in total. The summed E-state index contributed by atoms with van der Waals surface area (Å²) in [7, 11) is 1.73. The van der Waals surface area contributed by atoms with Crippen LogP contribution in [0.5, 0.6) is 0 Å². The number of aromatic nitrogens is 4. The smallest absolute Gasteiger partial charge is 0.417 e. The van der Waals surface area contributed by atoms with Gasteiger partial charge >= 0.3 is 18.3 Å². The Balaban J connectivity index is 0.00000420. The fourth-order valence-electron chi connectivity index (χ4n) is 3.31. The number of carbonyl (C=O) groups excluding carboxylic acids is 2. The highest BCUT2D eigenvalue weighted by Crippen LogP contribution is 2.36. The number of hydrogen-bond acceptors (Lipinski definition) is 7. The Kier molecular flexibility index (Phi) is 9.51. The van der Waals surface area contributed by atoms with Crippen LogP contribution in [0, 0.1) is 0 Å². The van der Waals surface area contributed by atoms with Gasteiger partial charge in [-0.2, -0.15) is 13.2 Å². The summed E-state index contributed by atoms with van der Waals surface area (Å²) in [6.45, 7) is 0.672. The first kappa shape index (κ1) is 29.4. The molecular weight excluding hydrogens is 564 g/mol. The summed E-state index contributed by atoms with van der Waals surface area (Å²) in [5.74, 6) is 0.175. The molecule has 2 aromatic carbocycles. The van der Waals surface area contributed by atoms with Crippen LogP contribution in [-0.2, 0) is 10.9 Å². The minimum atomic E-state index is -4.66. The average molecular weight is 585 g/mol. The van der Waals surface area contributed by atoms with Crippen molar-refractivity contribution < 1.29 is 27.5 Å². The molecule has 4 aromatic rings. The fraction of sp³-hybridized carbons (Fsp3) is 0.174. The van der Waals surface area contributed by atoms with Crippen LogP contribution in [0.4, 0.5) is 40.0 Å². The normalized spacial score (nSPS) is 11.0. The molecule has 0 saturated carbocycles. The third-order valence-electron chi connectivity index (χ3n) is 5.07. The lowest BCUT2D eigenvalue weighted by Crippen LogP contribution is -2.21. The Hall–Kier alpha value is -4.14. The molecule has 0 bridgehead atoms. The van der Waals surface area contributed by atoms with Crippen LogP contribution in [0.15, 0.2) is 55.1 Å². The molecule has 0 aliphatic rings. The van der Waals surface area contributed by atoms with Gasteiger partial charge in [-0.05, 0) is 49.5 Å². The van der Waals surface area contributed by atoms with Crippen molar-refractivity contribution in [1.29, 1.82) is 0 Å². The number of fused-ring (bicyclic) bond motifs is 1. The van der Waals surface area contributed by atoms with E-state index < -0.39 is 28.9 Å². The first-order valence-electron chi connectivity index (χ1n) is 11.0. The van der Waals surface area contributed by atoms with Crippen molar-refractivity contribution in [2.24, 2.45) is 0 Å². The van der Waals surface area contributed by atoms with Crippen LogP contribution >= 0.6 is 24.0 Å². The minimum Gasteiger partial charge on any atom is -0.448 e. The van der Waals surface area contributed by atoms with Crippen molar-refractivity contribution in [2.45, 2.75) is 6.18 Å². The van der Waals surface area contributed by atoms with Gasteiger partial charge in [0.25, 0.3) is 0 Å². The highest BCUT2D eigenvalue weighted by atomic mass is 35.5. The number of amides is 3. The minimum absolute atomic E-state index is 0. The quantitative estimate of drug-likeness (QED) is 0.216. The second kappa shape index (κ2) is 12.6. The van der Waals surface area contributed by atoms with Crippen LogP contribution in [0.25, 0.3) is 16.9 Å². The number of nitrogens with zero attached hydrogens (tertiary/aromatic N) is 4. The van der Waals surface area contributed by atoms with Gasteiger partial charge in [0, 0.05) is 23.6 Å². The van der Waals surface area contributed by atoms with Crippen LogP contribution in [0.3, 0.4) is 0 Å². The number of imidazole rings is 1. The van der Waals surface area contributed by atoms with Crippen LogP contribution in [0.1, 0.15) is 5.56 Å². The molecule has 4 rings (SSSR count). The number of benzene rings is 2. The Morgan fingerprint density at radius 1 is 1.00 bits per heavy atom. The third kappa shape index (κ3) is 7.25. The number of nitrogens with one attached hydrogen (secondary N) is 4. The van der Waals surface area contributed by atoms with Crippen molar-refractivity contribution in [3.8, 4) is 5.69 Å². The maximum absolute atomic E-state index is 13.0. The second-order valence-corrected chi connectivity index (χ2v) is 8.10. The van der Waals surface area contributed by atoms with Crippen molar-refractivity contribution in [1.82, 2.24) is 24.8 Å². The number of anilines is 3. The van der Waals surface area contributed by atoms with Gasteiger partial charge in [-0.1, -0.05) is 11.6 Å². The molecule has 0 spiro atoms. The lowest BCUT2D eigenvalue weighted by molar-refractivity contribution is -0.137. The standard InChI is InChI=1S/C23H20ClF3N8O3.ClH/c1-28-8-9-38-22(37)34-19-18-20(30-11-29-19)35(12-31-18)15-5-2-13(3-6-15)32-21(36)33-14-4-7-17(24)16(10-14)23(25,26)27;/h2-7,10-12,28H,8-9H2,1H3,(H2,32,33,36)(H,29,30,34,37);1H. The van der Waals surface area contributed by atoms with E-state index in [9.17, 15) is 22.8 Å². The van der Waals surface area contributed by atoms with Gasteiger partial charge in [-0.3, -0.25) is 9.88 Å². The van der Waals surface area contributed by atoms with E-state index in [1.807, 2.05) is 0 Å². The molecule has 0 aliphatic carbocycles. The molecule has 16 heteroatoms. The SMILES string of the molecule is CNCCOC(=O)Nc1ncnc2c1ncn2-c1ccc(NC(=O)Nc2ccc(Cl)c(C(F)(F)F)c2)cc1.Cl. The predicted molar refractivity (Wildman–Crippen MR) is 142 cm³/mol. The Morgan fingerprint density at radius 2 is 1.69 bits per heavy atom. The number of urea groups is 1. The molecular formula is C23H21Cl2F3N8O3. The Morgan fingerprint density at radius 3 is 2.38 bits per heavy atom. The topological polar surface area (TPSA) is 135 Å². The summed E-state index contributed by atoms with van der Waals surface area (Å²) in [5, 5.41) is 9.81. The van der Waals surface area contributed by atoms with E-state index in [0.717, 1.165) is 12.1 Å². The number of hydrogen-bond donors (Lipinski definition) is 4. The molecule has 0 saturated heterocycles. The highest BCUT2D eigenvalue weighted by Gasteiger charge is 2.33. The zero-order chi connectivity index (χ0) is 27.3. The van der Waals surface area contributed by atoms with Crippen LogP contribution in [-0.4, -0.2) is 51.8 Å². The lowest BCUT2D eigenvalue weighted by atomic mass is 10.2. The molecule has 11 nitrogen and oxygen atoms in total. The van der Waals surface area contributed by atoms with Crippen LogP contribution < -0.4 is 21.3 Å². The van der Waals surface area contributed by atoms with Gasteiger partial charge in [-0.15, -0.1) is 12.4 Å². The summed E-state index contributed by atoms with van der Waals surface area (Å²) < 4.78 is 45.8. The molecule has 206 valence electrons. The van der Waals surface area contributed by atoms with Crippen molar-refractivity contribution in [2.75, 3.05) is 36.1 Å². The van der Waals surface area contributed by atoms with Crippen molar-refractivity contribution in [3.05, 3.63) is 65.7 Å². The van der Waals surface area contributed by atoms with E-state index in [4.69, 9.17) is 16.3 Å². The number of carbonyl (C=O) groups is 2. The Labute approximate surface area is 230 Å². The lowest BCUT2D eigenvalue weighted by Gasteiger charge is -2.12. The molecule has 39 heavy (non-hydrogen) atoms. The number of likely N-dealkylation sites (N-methyl/N-ethyl adjacent to an activating group) is 1. The third-order valence-corrected chi connectivity index (χ3v) is 5.40. The molecule has 2 heterocycles. The van der Waals surface area contributed by atoms with Gasteiger partial charge in [0.15, 0.2) is 17.0 Å². The maximum atomic E-state index is 13.0. The Bertz CT molecular complexity index is 1470. The summed E-state index contributed by atoms with van der Waals surface area (Å²) in [6.07, 6.45) is -2.58. The molecule has 3 amide bonds. The van der Waals surface area contributed by atoms with E-state index in [0.29, 0.717) is 29.1 Å². The fourth-order valence-corrected chi connectivity index (χ4v) is 3.54. The van der Waals surface area contributed by atoms with E-state index in [2.05, 4.69) is 36.2 Å². The highest BCUT2D eigenvalue weighted by molar-refractivity contribution is 6.31. The van der Waals surface area contributed by atoms with E-state index in [1.54, 1.807) is 35.9 Å². The van der Waals surface area contributed by atoms with Gasteiger partial charge in [0.05, 0.1) is 10.6 Å². The van der Waals surface area contributed by atoms with E-state index >= 15 is 0 Å². The number of halogens is 5. The molecule has 0 unspecified atom stereocenters. The monoisotopic (exact) mass is 584 g/mol. The van der Waals surface area contributed by atoms with Crippen molar-refractivity contribution >= 4 is 64.5 Å². The largest absolute Gasteiger partial charge is 0.448 e. The number of alkyl halides is 3. The summed E-state index contributed by atoms with van der Waals surface area (Å²) >= 11 is 5.61. The van der Waals surface area contributed by atoms with Crippen molar-refractivity contribution in [3.63, 3.8) is 0 Å². The number of ether oxygens (including phenoxy) is 1. The first-order chi connectivity index (χ1) is 18.2. The number of rotatable bonds is 7. The van der Waals surface area contributed by atoms with Gasteiger partial charge < -0.3 is 20.7 Å². The summed E-state index contributed by atoms with van der Waals surface area (Å²) in [6, 6.07) is 8.84. The molecule has 0 radical (unpaired) electrons. The van der Waals surface area contributed by atoms with E-state index in [-0.39, 0.29) is 30.5 Å². The average Bonchev–Trinajstić information content (AvgIpc) is 3.30. The first-order valence-corrected chi connectivity index (χ1v) is 11.3. The molecule has 2 aromatic heterocycles. The van der Waals surface area contributed by atoms with E-state index in [1.165, 1.54) is 18.7 Å². The maximum Gasteiger partial charge on any atom is 0.417 e. The van der Waals surface area contributed by atoms with Crippen LogP contribution in [0.2, 0.25) is 5.02 Å². The van der Waals surface area contributed by atoms with Gasteiger partial charge in [0.2, 0.25) is 0 Å². The summed E-state index contributed by atoms with van der Waals surface area (Å²) in [5.41, 5.74) is 0.625.